The van der Waals surface area contributed by atoms with Crippen molar-refractivity contribution in [3.05, 3.63) is 76.1 Å². The van der Waals surface area contributed by atoms with Gasteiger partial charge in [-0.1, -0.05) is 30.3 Å². The lowest BCUT2D eigenvalue weighted by Gasteiger charge is -2.20. The molecular formula is C18H19N5O2. The lowest BCUT2D eigenvalue weighted by atomic mass is 10.1. The molecule has 25 heavy (non-hydrogen) atoms. The molecule has 0 amide bonds. The summed E-state index contributed by atoms with van der Waals surface area (Å²) < 4.78 is 1.94. The molecule has 1 aliphatic heterocycles. The first-order valence-electron chi connectivity index (χ1n) is 8.30. The van der Waals surface area contributed by atoms with Crippen molar-refractivity contribution in [1.29, 1.82) is 0 Å². The summed E-state index contributed by atoms with van der Waals surface area (Å²) in [5.41, 5.74) is 2.30. The Morgan fingerprint density at radius 1 is 1.16 bits per heavy atom. The summed E-state index contributed by atoms with van der Waals surface area (Å²) in [5.74, 6) is 0.656. The number of rotatable bonds is 3. The van der Waals surface area contributed by atoms with Crippen molar-refractivity contribution in [2.45, 2.75) is 25.6 Å². The molecule has 0 bridgehead atoms. The first-order valence-corrected chi connectivity index (χ1v) is 8.30. The van der Waals surface area contributed by atoms with Gasteiger partial charge >= 0.3 is 0 Å². The van der Waals surface area contributed by atoms with Gasteiger partial charge in [-0.2, -0.15) is 5.10 Å². The van der Waals surface area contributed by atoms with Crippen LogP contribution in [0.25, 0.3) is 0 Å². The number of fused-ring (bicyclic) bond motifs is 1. The Morgan fingerprint density at radius 3 is 2.80 bits per heavy atom. The molecule has 2 N–H and O–H groups in total. The molecule has 1 aliphatic rings. The number of nitrogens with zero attached hydrogens (tertiary/aromatic N) is 4. The normalized spacial score (nSPS) is 15.5. The summed E-state index contributed by atoms with van der Waals surface area (Å²) in [6.07, 6.45) is 1.57. The number of H-pyrrole nitrogens is 1. The molecule has 0 radical (unpaired) electrons. The van der Waals surface area contributed by atoms with Crippen LogP contribution in [-0.4, -0.2) is 31.4 Å². The van der Waals surface area contributed by atoms with Gasteiger partial charge < -0.3 is 15.0 Å². The van der Waals surface area contributed by atoms with Crippen LogP contribution in [0.3, 0.4) is 0 Å². The number of aliphatic hydroxyl groups excluding tert-OH is 1. The van der Waals surface area contributed by atoms with E-state index in [1.807, 2.05) is 41.1 Å². The smallest absolute Gasteiger partial charge is 0.252 e. The minimum atomic E-state index is -0.744. The van der Waals surface area contributed by atoms with E-state index in [0.717, 1.165) is 30.8 Å². The third-order valence-corrected chi connectivity index (χ3v) is 4.42. The fraction of sp³-hybridized carbons (Fsp3) is 0.278. The maximum Gasteiger partial charge on any atom is 0.252 e. The predicted molar refractivity (Wildman–Crippen MR) is 93.3 cm³/mol. The zero-order valence-electron chi connectivity index (χ0n) is 13.7. The van der Waals surface area contributed by atoms with E-state index in [-0.39, 0.29) is 5.56 Å². The van der Waals surface area contributed by atoms with Crippen molar-refractivity contribution in [3.63, 3.8) is 0 Å². The van der Waals surface area contributed by atoms with E-state index in [9.17, 15) is 9.90 Å². The Kier molecular flexibility index (Phi) is 4.07. The number of anilines is 1. The minimum Gasteiger partial charge on any atom is -0.382 e. The van der Waals surface area contributed by atoms with Crippen LogP contribution in [-0.2, 0) is 13.1 Å². The second-order valence-electron chi connectivity index (χ2n) is 6.14. The van der Waals surface area contributed by atoms with Crippen LogP contribution in [0, 0.1) is 0 Å². The molecule has 0 aliphatic carbocycles. The van der Waals surface area contributed by atoms with E-state index in [1.54, 1.807) is 0 Å². The quantitative estimate of drug-likeness (QED) is 0.755. The zero-order chi connectivity index (χ0) is 17.2. The molecule has 4 rings (SSSR count). The van der Waals surface area contributed by atoms with Gasteiger partial charge in [0.25, 0.3) is 5.56 Å². The van der Waals surface area contributed by atoms with Crippen LogP contribution in [0.1, 0.15) is 29.5 Å². The van der Waals surface area contributed by atoms with Crippen molar-refractivity contribution < 1.29 is 5.11 Å². The highest BCUT2D eigenvalue weighted by Crippen LogP contribution is 2.24. The molecular weight excluding hydrogens is 318 g/mol. The zero-order valence-corrected chi connectivity index (χ0v) is 13.7. The summed E-state index contributed by atoms with van der Waals surface area (Å²) in [5, 5.41) is 15.2. The number of hydrogen-bond donors (Lipinski definition) is 2. The summed E-state index contributed by atoms with van der Waals surface area (Å²) in [6.45, 7) is 2.18. The Hall–Kier alpha value is -2.93. The second-order valence-corrected chi connectivity index (χ2v) is 6.14. The van der Waals surface area contributed by atoms with Gasteiger partial charge in [-0.15, -0.1) is 0 Å². The SMILES string of the molecule is O=c1cc(N2CCCn3nc([C@H](O)c4ccccc4)cc3C2)nc[nH]1. The van der Waals surface area contributed by atoms with Gasteiger partial charge in [0.15, 0.2) is 0 Å². The molecule has 0 unspecified atom stereocenters. The van der Waals surface area contributed by atoms with Gasteiger partial charge in [0.2, 0.25) is 0 Å². The largest absolute Gasteiger partial charge is 0.382 e. The highest BCUT2D eigenvalue weighted by atomic mass is 16.3. The van der Waals surface area contributed by atoms with Crippen LogP contribution >= 0.6 is 0 Å². The van der Waals surface area contributed by atoms with Crippen LogP contribution in [0.15, 0.2) is 53.6 Å². The van der Waals surface area contributed by atoms with Gasteiger partial charge in [-0.05, 0) is 18.1 Å². The van der Waals surface area contributed by atoms with Gasteiger partial charge in [-0.3, -0.25) is 9.48 Å². The number of nitrogens with one attached hydrogen (secondary N) is 1. The number of hydrogen-bond acceptors (Lipinski definition) is 5. The van der Waals surface area contributed by atoms with E-state index in [4.69, 9.17) is 0 Å². The molecule has 7 heteroatoms. The Labute approximate surface area is 144 Å². The summed E-state index contributed by atoms with van der Waals surface area (Å²) in [7, 11) is 0. The van der Waals surface area contributed by atoms with Gasteiger partial charge in [-0.25, -0.2) is 4.98 Å². The second kappa shape index (κ2) is 6.52. The summed E-state index contributed by atoms with van der Waals surface area (Å²) in [6, 6.07) is 12.9. The highest BCUT2D eigenvalue weighted by Gasteiger charge is 2.21. The predicted octanol–water partition coefficient (Wildman–Crippen LogP) is 1.46. The number of aliphatic hydroxyl groups is 1. The molecule has 3 heterocycles. The van der Waals surface area contributed by atoms with Gasteiger partial charge in [0.1, 0.15) is 11.9 Å². The van der Waals surface area contributed by atoms with Gasteiger partial charge in [0.05, 0.1) is 24.3 Å². The molecule has 7 nitrogen and oxygen atoms in total. The van der Waals surface area contributed by atoms with E-state index in [0.29, 0.717) is 18.1 Å². The molecule has 128 valence electrons. The molecule has 1 atom stereocenters. The van der Waals surface area contributed by atoms with Crippen LogP contribution in [0.5, 0.6) is 0 Å². The van der Waals surface area contributed by atoms with Crippen molar-refractivity contribution in [2.75, 3.05) is 11.4 Å². The number of benzene rings is 1. The lowest BCUT2D eigenvalue weighted by molar-refractivity contribution is 0.214. The standard InChI is InChI=1S/C18H19N5O2/c24-17-10-16(19-12-20-17)22-7-4-8-23-14(11-22)9-15(21-23)18(25)13-5-2-1-3-6-13/h1-3,5-6,9-10,12,18,25H,4,7-8,11H2,(H,19,20,24)/t18-/m1/s1. The van der Waals surface area contributed by atoms with E-state index in [2.05, 4.69) is 20.0 Å². The molecule has 0 spiro atoms. The molecule has 0 saturated carbocycles. The van der Waals surface area contributed by atoms with E-state index >= 15 is 0 Å². The van der Waals surface area contributed by atoms with Crippen molar-refractivity contribution in [2.24, 2.45) is 0 Å². The van der Waals surface area contributed by atoms with Crippen LogP contribution < -0.4 is 10.5 Å². The van der Waals surface area contributed by atoms with E-state index < -0.39 is 6.10 Å². The number of aromatic amines is 1. The number of aromatic nitrogens is 4. The average Bonchev–Trinajstić information content (AvgIpc) is 2.93. The molecule has 1 aromatic carbocycles. The lowest BCUT2D eigenvalue weighted by Crippen LogP contribution is -2.25. The monoisotopic (exact) mass is 337 g/mol. The van der Waals surface area contributed by atoms with Gasteiger partial charge in [0, 0.05) is 19.2 Å². The molecule has 0 fully saturated rings. The third kappa shape index (κ3) is 3.18. The summed E-state index contributed by atoms with van der Waals surface area (Å²) >= 11 is 0. The Balaban J connectivity index is 1.62. The Morgan fingerprint density at radius 2 is 2.00 bits per heavy atom. The first-order chi connectivity index (χ1) is 12.2. The van der Waals surface area contributed by atoms with Crippen LogP contribution in [0.2, 0.25) is 0 Å². The van der Waals surface area contributed by atoms with Crippen molar-refractivity contribution in [3.8, 4) is 0 Å². The fourth-order valence-corrected chi connectivity index (χ4v) is 3.15. The molecule has 0 saturated heterocycles. The maximum atomic E-state index is 11.5. The van der Waals surface area contributed by atoms with Crippen molar-refractivity contribution >= 4 is 5.82 Å². The van der Waals surface area contributed by atoms with E-state index in [1.165, 1.54) is 12.4 Å². The fourth-order valence-electron chi connectivity index (χ4n) is 3.15. The Bertz CT molecular complexity index is 918. The molecule has 3 aromatic rings. The molecule has 2 aromatic heterocycles. The highest BCUT2D eigenvalue weighted by molar-refractivity contribution is 5.38. The average molecular weight is 337 g/mol. The third-order valence-electron chi connectivity index (χ3n) is 4.42. The first kappa shape index (κ1) is 15.6. The number of aryl methyl sites for hydroxylation is 1. The summed E-state index contributed by atoms with van der Waals surface area (Å²) in [4.78, 5) is 20.4. The topological polar surface area (TPSA) is 87.0 Å². The minimum absolute atomic E-state index is 0.164. The maximum absolute atomic E-state index is 11.5. The van der Waals surface area contributed by atoms with Crippen molar-refractivity contribution in [1.82, 2.24) is 19.7 Å². The van der Waals surface area contributed by atoms with Crippen LogP contribution in [0.4, 0.5) is 5.82 Å².